The Morgan fingerprint density at radius 1 is 1.26 bits per heavy atom. The van der Waals surface area contributed by atoms with Gasteiger partial charge in [-0.2, -0.15) is 11.8 Å². The summed E-state index contributed by atoms with van der Waals surface area (Å²) in [5.41, 5.74) is 3.73. The lowest BCUT2D eigenvalue weighted by Gasteiger charge is -2.33. The number of hydrogen-bond donors (Lipinski definition) is 0. The van der Waals surface area contributed by atoms with Gasteiger partial charge in [0, 0.05) is 29.4 Å². The molecular formula is C16H23NOS. The van der Waals surface area contributed by atoms with E-state index >= 15 is 0 Å². The number of thioether (sulfide) groups is 1. The molecule has 0 aromatic carbocycles. The van der Waals surface area contributed by atoms with Crippen molar-refractivity contribution in [1.82, 2.24) is 4.57 Å². The Bertz CT molecular complexity index is 509. The normalized spacial score (nSPS) is 23.4. The third-order valence-electron chi connectivity index (χ3n) is 4.48. The lowest BCUT2D eigenvalue weighted by atomic mass is 9.76. The molecule has 1 saturated heterocycles. The van der Waals surface area contributed by atoms with Crippen molar-refractivity contribution >= 4 is 17.5 Å². The molecule has 104 valence electrons. The van der Waals surface area contributed by atoms with E-state index in [9.17, 15) is 4.79 Å². The fourth-order valence-corrected chi connectivity index (χ4v) is 4.71. The summed E-state index contributed by atoms with van der Waals surface area (Å²) >= 11 is 2.06. The number of Topliss-reactive ketones (excluding diaryl/α,β-unsaturated/α-hetero) is 1. The molecule has 0 amide bonds. The van der Waals surface area contributed by atoms with Crippen LogP contribution in [0.2, 0.25) is 0 Å². The molecule has 2 nitrogen and oxygen atoms in total. The minimum absolute atomic E-state index is 0.121. The molecule has 0 unspecified atom stereocenters. The molecule has 2 aliphatic rings. The van der Waals surface area contributed by atoms with Crippen molar-refractivity contribution in [1.29, 1.82) is 0 Å². The predicted molar refractivity (Wildman–Crippen MR) is 81.2 cm³/mol. The number of aryl methyl sites for hydroxylation is 1. The van der Waals surface area contributed by atoms with Crippen LogP contribution in [0.4, 0.5) is 0 Å². The summed E-state index contributed by atoms with van der Waals surface area (Å²) in [6, 6.07) is 2.75. The van der Waals surface area contributed by atoms with E-state index in [-0.39, 0.29) is 5.41 Å². The molecule has 3 rings (SSSR count). The maximum absolute atomic E-state index is 12.3. The number of nitrogens with zero attached hydrogens (tertiary/aromatic N) is 1. The van der Waals surface area contributed by atoms with Crippen molar-refractivity contribution in [3.8, 4) is 0 Å². The van der Waals surface area contributed by atoms with Crippen molar-refractivity contribution < 1.29 is 4.79 Å². The molecule has 19 heavy (non-hydrogen) atoms. The first-order chi connectivity index (χ1) is 8.98. The Hall–Kier alpha value is -0.700. The lowest BCUT2D eigenvalue weighted by Crippen LogP contribution is -2.29. The minimum Gasteiger partial charge on any atom is -0.345 e. The number of ketones is 1. The molecule has 0 radical (unpaired) electrons. The van der Waals surface area contributed by atoms with Gasteiger partial charge in [-0.25, -0.2) is 0 Å². The van der Waals surface area contributed by atoms with Gasteiger partial charge in [-0.05, 0) is 49.2 Å². The van der Waals surface area contributed by atoms with Crippen LogP contribution in [0.15, 0.2) is 6.07 Å². The van der Waals surface area contributed by atoms with Crippen LogP contribution in [-0.4, -0.2) is 21.9 Å². The summed E-state index contributed by atoms with van der Waals surface area (Å²) in [7, 11) is 0. The molecular weight excluding hydrogens is 254 g/mol. The monoisotopic (exact) mass is 277 g/mol. The van der Waals surface area contributed by atoms with Crippen molar-refractivity contribution in [3.63, 3.8) is 0 Å². The standard InChI is InChI=1S/C16H23NOS/c1-11-8-13-14(9-16(2,3)10-15(13)18)17(11)12-4-6-19-7-5-12/h8,12H,4-7,9-10H2,1-3H3. The van der Waals surface area contributed by atoms with Gasteiger partial charge in [0.1, 0.15) is 0 Å². The Kier molecular flexibility index (Phi) is 3.28. The molecule has 1 aromatic heterocycles. The molecule has 0 atom stereocenters. The Balaban J connectivity index is 2.04. The molecule has 3 heteroatoms. The van der Waals surface area contributed by atoms with Gasteiger partial charge in [0.25, 0.3) is 0 Å². The van der Waals surface area contributed by atoms with Crippen molar-refractivity contribution in [2.75, 3.05) is 11.5 Å². The van der Waals surface area contributed by atoms with E-state index in [0.717, 1.165) is 12.0 Å². The van der Waals surface area contributed by atoms with E-state index in [2.05, 4.69) is 43.2 Å². The Labute approximate surface area is 120 Å². The molecule has 0 N–H and O–H groups in total. The van der Waals surface area contributed by atoms with E-state index in [1.165, 1.54) is 35.7 Å². The lowest BCUT2D eigenvalue weighted by molar-refractivity contribution is 0.0909. The Morgan fingerprint density at radius 2 is 1.95 bits per heavy atom. The van der Waals surface area contributed by atoms with E-state index in [0.29, 0.717) is 18.2 Å². The summed E-state index contributed by atoms with van der Waals surface area (Å²) in [4.78, 5) is 12.3. The zero-order valence-electron chi connectivity index (χ0n) is 12.2. The highest BCUT2D eigenvalue weighted by Gasteiger charge is 2.35. The SMILES string of the molecule is Cc1cc2c(n1C1CCSCC1)CC(C)(C)CC2=O. The van der Waals surface area contributed by atoms with Gasteiger partial charge < -0.3 is 4.57 Å². The summed E-state index contributed by atoms with van der Waals surface area (Å²) in [6.07, 6.45) is 4.25. The number of fused-ring (bicyclic) bond motifs is 1. The van der Waals surface area contributed by atoms with Crippen LogP contribution in [0, 0.1) is 12.3 Å². The topological polar surface area (TPSA) is 22.0 Å². The zero-order chi connectivity index (χ0) is 13.6. The molecule has 0 bridgehead atoms. The fraction of sp³-hybridized carbons (Fsp3) is 0.688. The second-order valence-corrected chi connectivity index (χ2v) is 8.03. The largest absolute Gasteiger partial charge is 0.345 e. The van der Waals surface area contributed by atoms with Crippen molar-refractivity contribution in [2.24, 2.45) is 5.41 Å². The van der Waals surface area contributed by atoms with E-state index in [4.69, 9.17) is 0 Å². The maximum Gasteiger partial charge on any atom is 0.165 e. The quantitative estimate of drug-likeness (QED) is 0.773. The van der Waals surface area contributed by atoms with Crippen LogP contribution in [-0.2, 0) is 6.42 Å². The van der Waals surface area contributed by atoms with Gasteiger partial charge in [-0.1, -0.05) is 13.8 Å². The van der Waals surface area contributed by atoms with Crippen LogP contribution >= 0.6 is 11.8 Å². The van der Waals surface area contributed by atoms with Gasteiger partial charge >= 0.3 is 0 Å². The van der Waals surface area contributed by atoms with Gasteiger partial charge in [0.2, 0.25) is 0 Å². The summed E-state index contributed by atoms with van der Waals surface area (Å²) in [6.45, 7) is 6.61. The summed E-state index contributed by atoms with van der Waals surface area (Å²) in [5, 5.41) is 0. The number of carbonyl (C=O) groups is 1. The molecule has 0 saturated carbocycles. The molecule has 1 aliphatic carbocycles. The average molecular weight is 277 g/mol. The Morgan fingerprint density at radius 3 is 2.63 bits per heavy atom. The van der Waals surface area contributed by atoms with Crippen molar-refractivity contribution in [2.45, 2.75) is 52.5 Å². The van der Waals surface area contributed by atoms with Crippen molar-refractivity contribution in [3.05, 3.63) is 23.0 Å². The maximum atomic E-state index is 12.3. The third kappa shape index (κ3) is 2.37. The number of rotatable bonds is 1. The highest BCUT2D eigenvalue weighted by Crippen LogP contribution is 2.39. The summed E-state index contributed by atoms with van der Waals surface area (Å²) < 4.78 is 2.49. The van der Waals surface area contributed by atoms with Gasteiger partial charge in [-0.3, -0.25) is 4.79 Å². The van der Waals surface area contributed by atoms with Crippen LogP contribution in [0.25, 0.3) is 0 Å². The number of hydrogen-bond acceptors (Lipinski definition) is 2. The third-order valence-corrected chi connectivity index (χ3v) is 5.53. The highest BCUT2D eigenvalue weighted by atomic mass is 32.2. The van der Waals surface area contributed by atoms with E-state index in [1.54, 1.807) is 0 Å². The molecule has 2 heterocycles. The van der Waals surface area contributed by atoms with Gasteiger partial charge in [0.15, 0.2) is 5.78 Å². The molecule has 1 fully saturated rings. The smallest absolute Gasteiger partial charge is 0.165 e. The second kappa shape index (κ2) is 4.69. The first kappa shape index (κ1) is 13.3. The first-order valence-electron chi connectivity index (χ1n) is 7.29. The molecule has 1 aliphatic heterocycles. The van der Waals surface area contributed by atoms with Gasteiger partial charge in [-0.15, -0.1) is 0 Å². The fourth-order valence-electron chi connectivity index (χ4n) is 3.62. The molecule has 0 spiro atoms. The first-order valence-corrected chi connectivity index (χ1v) is 8.45. The average Bonchev–Trinajstić information content (AvgIpc) is 2.65. The highest BCUT2D eigenvalue weighted by molar-refractivity contribution is 7.99. The summed E-state index contributed by atoms with van der Waals surface area (Å²) in [5.74, 6) is 2.86. The predicted octanol–water partition coefficient (Wildman–Crippen LogP) is 4.02. The van der Waals surface area contributed by atoms with E-state index < -0.39 is 0 Å². The van der Waals surface area contributed by atoms with Crippen LogP contribution in [0.5, 0.6) is 0 Å². The van der Waals surface area contributed by atoms with Crippen LogP contribution in [0.3, 0.4) is 0 Å². The minimum atomic E-state index is 0.121. The van der Waals surface area contributed by atoms with Crippen LogP contribution in [0.1, 0.15) is 60.9 Å². The van der Waals surface area contributed by atoms with Crippen LogP contribution < -0.4 is 0 Å². The number of carbonyl (C=O) groups excluding carboxylic acids is 1. The molecule has 1 aromatic rings. The second-order valence-electron chi connectivity index (χ2n) is 6.80. The number of aromatic nitrogens is 1. The van der Waals surface area contributed by atoms with E-state index in [1.807, 2.05) is 0 Å². The zero-order valence-corrected chi connectivity index (χ0v) is 13.0. The van der Waals surface area contributed by atoms with Gasteiger partial charge in [0.05, 0.1) is 0 Å².